The van der Waals surface area contributed by atoms with Crippen molar-refractivity contribution in [3.63, 3.8) is 0 Å². The summed E-state index contributed by atoms with van der Waals surface area (Å²) in [5.74, 6) is 1.42. The van der Waals surface area contributed by atoms with Crippen LogP contribution < -0.4 is 10.1 Å². The number of rotatable bonds is 5. The lowest BCUT2D eigenvalue weighted by molar-refractivity contribution is 0.409. The van der Waals surface area contributed by atoms with Gasteiger partial charge in [-0.1, -0.05) is 28.1 Å². The third-order valence-corrected chi connectivity index (χ3v) is 4.66. The van der Waals surface area contributed by atoms with E-state index < -0.39 is 0 Å². The molecule has 0 aliphatic carbocycles. The molecule has 3 rings (SSSR count). The Morgan fingerprint density at radius 2 is 2.12 bits per heavy atom. The fourth-order valence-electron chi connectivity index (χ4n) is 2.95. The van der Waals surface area contributed by atoms with E-state index in [1.807, 2.05) is 24.3 Å². The monoisotopic (exact) mass is 390 g/mol. The maximum Gasteiger partial charge on any atom is 0.128 e. The summed E-state index contributed by atoms with van der Waals surface area (Å²) in [7, 11) is 1.65. The van der Waals surface area contributed by atoms with Crippen molar-refractivity contribution in [2.24, 2.45) is 4.99 Å². The number of methoxy groups -OCH3 is 1. The van der Waals surface area contributed by atoms with Gasteiger partial charge in [-0.2, -0.15) is 0 Å². The minimum Gasteiger partial charge on any atom is -0.496 e. The Balaban J connectivity index is 1.87. The van der Waals surface area contributed by atoms with Gasteiger partial charge in [0.05, 0.1) is 13.7 Å². The predicted octanol–water partition coefficient (Wildman–Crippen LogP) is 4.12. The zero-order chi connectivity index (χ0) is 17.1. The van der Waals surface area contributed by atoms with Crippen LogP contribution in [-0.2, 0) is 12.8 Å². The lowest BCUT2D eigenvalue weighted by Gasteiger charge is -2.14. The third-order valence-electron chi connectivity index (χ3n) is 4.17. The van der Waals surface area contributed by atoms with Gasteiger partial charge < -0.3 is 10.1 Å². The molecular weight excluding hydrogens is 371 g/mol. The van der Waals surface area contributed by atoms with Crippen molar-refractivity contribution in [3.8, 4) is 5.75 Å². The van der Waals surface area contributed by atoms with Gasteiger partial charge in [0.25, 0.3) is 0 Å². The summed E-state index contributed by atoms with van der Waals surface area (Å²) >= 11 is 3.48. The van der Waals surface area contributed by atoms with Crippen LogP contribution in [0, 0.1) is 5.82 Å². The molecule has 0 saturated heterocycles. The van der Waals surface area contributed by atoms with Crippen LogP contribution in [0.4, 0.5) is 4.39 Å². The first-order valence-electron chi connectivity index (χ1n) is 7.99. The number of nitrogens with one attached hydrogen (secondary N) is 1. The molecule has 3 nitrogen and oxygen atoms in total. The first kappa shape index (κ1) is 17.0. The Labute approximate surface area is 150 Å². The van der Waals surface area contributed by atoms with Gasteiger partial charge >= 0.3 is 0 Å². The highest BCUT2D eigenvalue weighted by Crippen LogP contribution is 2.26. The molecule has 0 spiro atoms. The van der Waals surface area contributed by atoms with Crippen LogP contribution in [0.1, 0.15) is 23.6 Å². The van der Waals surface area contributed by atoms with Crippen molar-refractivity contribution < 1.29 is 9.13 Å². The van der Waals surface area contributed by atoms with Crippen molar-refractivity contribution in [2.45, 2.75) is 25.8 Å². The first-order chi connectivity index (χ1) is 11.6. The molecule has 1 atom stereocenters. The molecule has 126 valence electrons. The van der Waals surface area contributed by atoms with Crippen LogP contribution >= 0.6 is 15.9 Å². The first-order valence-corrected chi connectivity index (χ1v) is 8.79. The molecule has 0 bridgehead atoms. The second-order valence-corrected chi connectivity index (χ2v) is 6.87. The van der Waals surface area contributed by atoms with Gasteiger partial charge in [0.2, 0.25) is 0 Å². The molecule has 0 saturated carbocycles. The van der Waals surface area contributed by atoms with E-state index in [2.05, 4.69) is 33.2 Å². The molecule has 1 aliphatic heterocycles. The van der Waals surface area contributed by atoms with Crippen molar-refractivity contribution in [1.82, 2.24) is 5.32 Å². The summed E-state index contributed by atoms with van der Waals surface area (Å²) in [6.45, 7) is 2.80. The lowest BCUT2D eigenvalue weighted by Crippen LogP contribution is -2.28. The van der Waals surface area contributed by atoms with Crippen LogP contribution in [0.3, 0.4) is 0 Å². The Bertz CT molecular complexity index is 776. The minimum absolute atomic E-state index is 0.189. The number of nitrogens with zero attached hydrogens (tertiary/aromatic N) is 1. The van der Waals surface area contributed by atoms with Crippen LogP contribution in [-0.4, -0.2) is 25.5 Å². The summed E-state index contributed by atoms with van der Waals surface area (Å²) in [5, 5.41) is 3.32. The number of ether oxygens (including phenoxy) is 1. The highest BCUT2D eigenvalue weighted by atomic mass is 79.9. The molecule has 5 heteroatoms. The maximum atomic E-state index is 14.4. The van der Waals surface area contributed by atoms with Crippen LogP contribution in [0.25, 0.3) is 0 Å². The van der Waals surface area contributed by atoms with Gasteiger partial charge in [-0.15, -0.1) is 0 Å². The minimum atomic E-state index is -0.189. The average molecular weight is 391 g/mol. The summed E-state index contributed by atoms with van der Waals surface area (Å²) in [4.78, 5) is 4.50. The number of aryl methyl sites for hydroxylation is 1. The van der Waals surface area contributed by atoms with Crippen molar-refractivity contribution in [2.75, 3.05) is 13.7 Å². The standard InChI is InChI=1S/C19H20BrFN2O/c1-12-11-22-19(23-12)16-4-3-5-17(21)15(16)8-6-13-10-14(20)7-9-18(13)24-2/h3-5,7,9-10,12H,6,8,11H2,1-2H3,(H,22,23). The predicted molar refractivity (Wildman–Crippen MR) is 98.5 cm³/mol. The normalized spacial score (nSPS) is 16.7. The van der Waals surface area contributed by atoms with Gasteiger partial charge in [-0.3, -0.25) is 4.99 Å². The molecule has 0 radical (unpaired) electrons. The number of hydrogen-bond donors (Lipinski definition) is 1. The van der Waals surface area contributed by atoms with E-state index in [9.17, 15) is 4.39 Å². The number of benzene rings is 2. The molecule has 24 heavy (non-hydrogen) atoms. The zero-order valence-corrected chi connectivity index (χ0v) is 15.4. The topological polar surface area (TPSA) is 33.6 Å². The SMILES string of the molecule is COc1ccc(Br)cc1CCc1c(F)cccc1C1=NCC(C)N1. The number of hydrogen-bond acceptors (Lipinski definition) is 3. The molecule has 0 aromatic heterocycles. The van der Waals surface area contributed by atoms with Gasteiger partial charge in [0.1, 0.15) is 17.4 Å². The fraction of sp³-hybridized carbons (Fsp3) is 0.316. The molecule has 1 heterocycles. The highest BCUT2D eigenvalue weighted by molar-refractivity contribution is 9.10. The Morgan fingerprint density at radius 1 is 1.29 bits per heavy atom. The highest BCUT2D eigenvalue weighted by Gasteiger charge is 2.19. The maximum absolute atomic E-state index is 14.4. The van der Waals surface area contributed by atoms with E-state index >= 15 is 0 Å². The second kappa shape index (κ2) is 7.34. The van der Waals surface area contributed by atoms with E-state index in [-0.39, 0.29) is 5.82 Å². The van der Waals surface area contributed by atoms with Crippen LogP contribution in [0.15, 0.2) is 45.9 Å². The molecule has 0 amide bonds. The molecular formula is C19H20BrFN2O. The number of halogens is 2. The summed E-state index contributed by atoms with van der Waals surface area (Å²) in [6, 6.07) is 11.4. The van der Waals surface area contributed by atoms with E-state index in [1.165, 1.54) is 6.07 Å². The zero-order valence-electron chi connectivity index (χ0n) is 13.8. The third kappa shape index (κ3) is 3.61. The molecule has 0 fully saturated rings. The molecule has 2 aromatic carbocycles. The Hall–Kier alpha value is -1.88. The number of aliphatic imine (C=N–C) groups is 1. The lowest BCUT2D eigenvalue weighted by atomic mass is 9.98. The molecule has 1 unspecified atom stereocenters. The smallest absolute Gasteiger partial charge is 0.128 e. The fourth-order valence-corrected chi connectivity index (χ4v) is 3.36. The average Bonchev–Trinajstić information content (AvgIpc) is 3.00. The van der Waals surface area contributed by atoms with Crippen LogP contribution in [0.2, 0.25) is 0 Å². The molecule has 1 N–H and O–H groups in total. The summed E-state index contributed by atoms with van der Waals surface area (Å²) in [5.41, 5.74) is 2.60. The van der Waals surface area contributed by atoms with Crippen LogP contribution in [0.5, 0.6) is 5.75 Å². The summed E-state index contributed by atoms with van der Waals surface area (Å²) < 4.78 is 20.8. The van der Waals surface area contributed by atoms with Gasteiger partial charge in [0.15, 0.2) is 0 Å². The Morgan fingerprint density at radius 3 is 2.83 bits per heavy atom. The summed E-state index contributed by atoms with van der Waals surface area (Å²) in [6.07, 6.45) is 1.28. The van der Waals surface area contributed by atoms with Crippen molar-refractivity contribution in [1.29, 1.82) is 0 Å². The van der Waals surface area contributed by atoms with E-state index in [0.29, 0.717) is 24.4 Å². The van der Waals surface area contributed by atoms with Crippen molar-refractivity contribution >= 4 is 21.8 Å². The van der Waals surface area contributed by atoms with E-state index in [0.717, 1.165) is 33.7 Å². The van der Waals surface area contributed by atoms with Gasteiger partial charge in [-0.25, -0.2) is 4.39 Å². The molecule has 2 aromatic rings. The van der Waals surface area contributed by atoms with Gasteiger partial charge in [0, 0.05) is 16.1 Å². The largest absolute Gasteiger partial charge is 0.496 e. The Kier molecular flexibility index (Phi) is 5.19. The number of amidine groups is 1. The van der Waals surface area contributed by atoms with Gasteiger partial charge in [-0.05, 0) is 55.2 Å². The van der Waals surface area contributed by atoms with E-state index in [1.54, 1.807) is 13.2 Å². The molecule has 1 aliphatic rings. The second-order valence-electron chi connectivity index (χ2n) is 5.96. The quantitative estimate of drug-likeness (QED) is 0.832. The van der Waals surface area contributed by atoms with E-state index in [4.69, 9.17) is 4.74 Å². The van der Waals surface area contributed by atoms with Crippen molar-refractivity contribution in [3.05, 3.63) is 63.4 Å².